The van der Waals surface area contributed by atoms with Gasteiger partial charge in [-0.2, -0.15) is 0 Å². The van der Waals surface area contributed by atoms with Gasteiger partial charge in [0.25, 0.3) is 0 Å². The van der Waals surface area contributed by atoms with Crippen molar-refractivity contribution in [2.75, 3.05) is 0 Å². The number of aryl methyl sites for hydroxylation is 2. The monoisotopic (exact) mass is 846 g/mol. The van der Waals surface area contributed by atoms with Crippen LogP contribution < -0.4 is 0 Å². The van der Waals surface area contributed by atoms with Crippen LogP contribution in [0, 0.1) is 6.92 Å². The van der Waals surface area contributed by atoms with E-state index in [1.54, 1.807) is 0 Å². The summed E-state index contributed by atoms with van der Waals surface area (Å²) in [5.74, 6) is 0.259. The van der Waals surface area contributed by atoms with Gasteiger partial charge < -0.3 is 0 Å². The van der Waals surface area contributed by atoms with Crippen LogP contribution in [0.2, 0.25) is 0 Å². The van der Waals surface area contributed by atoms with Gasteiger partial charge in [0.05, 0.1) is 0 Å². The van der Waals surface area contributed by atoms with E-state index in [4.69, 9.17) is 0 Å². The van der Waals surface area contributed by atoms with Crippen LogP contribution in [0.1, 0.15) is 59.6 Å². The minimum atomic E-state index is 0.259. The number of benzene rings is 9. The Hall–Kier alpha value is -7.80. The second-order valence-corrected chi connectivity index (χ2v) is 17.8. The van der Waals surface area contributed by atoms with Gasteiger partial charge in [-0.15, -0.1) is 0 Å². The molecule has 1 atom stereocenters. The molecule has 0 heteroatoms. The first-order valence-electron chi connectivity index (χ1n) is 23.3. The molecule has 0 aromatic heterocycles. The molecule has 0 bridgehead atoms. The third-order valence-electron chi connectivity index (χ3n) is 13.7. The molecule has 0 nitrogen and oxygen atoms in total. The van der Waals surface area contributed by atoms with E-state index >= 15 is 0 Å². The maximum atomic E-state index is 4.50. The Bertz CT molecular complexity index is 3300. The summed E-state index contributed by atoms with van der Waals surface area (Å²) in [6, 6.07) is 75.2. The standard InChI is InChI=1S/C66H54/c1-45(23-25-51-31-37-57-39-41-59(43-65(57)47(51)3)53-15-7-5-8-16-53)49-27-33-55(34-28-49)61-19-11-13-21-63(61)64-22-14-12-20-62(64)56-35-29-50(30-36-56)46(2)24-26-52-32-38-58-40-42-60(44-66(58)48(52)4)54-17-9-6-10-18-54/h5-30,32-36,38-44,46H,1,31,37H2,2-4H3/b25-23-,26-24-. The summed E-state index contributed by atoms with van der Waals surface area (Å²) in [6.07, 6.45) is 11.2. The molecule has 1 aliphatic carbocycles. The second-order valence-electron chi connectivity index (χ2n) is 17.8. The molecular weight excluding hydrogens is 793 g/mol. The van der Waals surface area contributed by atoms with Gasteiger partial charge in [0.1, 0.15) is 0 Å². The lowest BCUT2D eigenvalue weighted by Crippen LogP contribution is -2.02. The van der Waals surface area contributed by atoms with E-state index < -0.39 is 0 Å². The maximum Gasteiger partial charge on any atom is -0.000710 e. The maximum absolute atomic E-state index is 4.50. The Morgan fingerprint density at radius 1 is 0.470 bits per heavy atom. The highest BCUT2D eigenvalue weighted by molar-refractivity contribution is 5.93. The molecular formula is C66H54. The second kappa shape index (κ2) is 18.7. The van der Waals surface area contributed by atoms with Crippen LogP contribution >= 0.6 is 0 Å². The van der Waals surface area contributed by atoms with Gasteiger partial charge in [-0.25, -0.2) is 0 Å². The molecule has 0 amide bonds. The Labute approximate surface area is 391 Å². The SMILES string of the molecule is C=C(/C=C\C1=C(C)c2cc(-c3ccccc3)ccc2CC1)c1ccc(-c2ccccc2-c2ccccc2-c2ccc(C(C)/C=C\c3ccc4ccc(-c5ccccc5)cc4c3C)cc2)cc1. The fourth-order valence-electron chi connectivity index (χ4n) is 9.70. The van der Waals surface area contributed by atoms with E-state index in [1.807, 2.05) is 0 Å². The first-order valence-corrected chi connectivity index (χ1v) is 23.3. The summed E-state index contributed by atoms with van der Waals surface area (Å²) in [5.41, 5.74) is 23.8. The van der Waals surface area contributed by atoms with Crippen LogP contribution in [0.5, 0.6) is 0 Å². The van der Waals surface area contributed by atoms with Gasteiger partial charge in [0.15, 0.2) is 0 Å². The largest absolute Gasteiger partial charge is 0.0912 e. The van der Waals surface area contributed by atoms with Crippen LogP contribution in [0.25, 0.3) is 83.6 Å². The fourth-order valence-corrected chi connectivity index (χ4v) is 9.70. The van der Waals surface area contributed by atoms with Crippen molar-refractivity contribution < 1.29 is 0 Å². The van der Waals surface area contributed by atoms with E-state index in [9.17, 15) is 0 Å². The van der Waals surface area contributed by atoms with Crippen molar-refractivity contribution in [3.8, 4) is 55.6 Å². The molecule has 0 radical (unpaired) electrons. The third kappa shape index (κ3) is 8.71. The van der Waals surface area contributed by atoms with Gasteiger partial charge in [0, 0.05) is 0 Å². The van der Waals surface area contributed by atoms with E-state index in [0.29, 0.717) is 0 Å². The Morgan fingerprint density at radius 3 is 1.64 bits per heavy atom. The van der Waals surface area contributed by atoms with E-state index in [1.165, 1.54) is 105 Å². The van der Waals surface area contributed by atoms with Crippen molar-refractivity contribution >= 4 is 28.0 Å². The van der Waals surface area contributed by atoms with Gasteiger partial charge >= 0.3 is 0 Å². The molecule has 0 spiro atoms. The minimum absolute atomic E-state index is 0.259. The third-order valence-corrected chi connectivity index (χ3v) is 13.7. The van der Waals surface area contributed by atoms with Gasteiger partial charge in [-0.05, 0) is 161 Å². The zero-order valence-electron chi connectivity index (χ0n) is 38.1. The minimum Gasteiger partial charge on any atom is -0.0912 e. The van der Waals surface area contributed by atoms with Gasteiger partial charge in [-0.3, -0.25) is 0 Å². The van der Waals surface area contributed by atoms with Crippen LogP contribution in [0.3, 0.4) is 0 Å². The molecule has 66 heavy (non-hydrogen) atoms. The Morgan fingerprint density at radius 2 is 1.00 bits per heavy atom. The highest BCUT2D eigenvalue weighted by atomic mass is 14.2. The molecule has 1 aliphatic rings. The van der Waals surface area contributed by atoms with Crippen molar-refractivity contribution in [2.24, 2.45) is 0 Å². The van der Waals surface area contributed by atoms with Crippen LogP contribution in [-0.2, 0) is 6.42 Å². The Balaban J connectivity index is 0.849. The van der Waals surface area contributed by atoms with Crippen LogP contribution in [0.4, 0.5) is 0 Å². The molecule has 9 aromatic carbocycles. The van der Waals surface area contributed by atoms with E-state index in [-0.39, 0.29) is 5.92 Å². The molecule has 318 valence electrons. The zero-order valence-corrected chi connectivity index (χ0v) is 38.1. The number of fused-ring (bicyclic) bond motifs is 2. The summed E-state index contributed by atoms with van der Waals surface area (Å²) in [7, 11) is 0. The molecule has 0 N–H and O–H groups in total. The Kier molecular flexibility index (Phi) is 12.0. The van der Waals surface area contributed by atoms with Gasteiger partial charge in [-0.1, -0.05) is 232 Å². The highest BCUT2D eigenvalue weighted by Gasteiger charge is 2.17. The van der Waals surface area contributed by atoms with E-state index in [2.05, 4.69) is 258 Å². The molecule has 0 fully saturated rings. The molecule has 1 unspecified atom stereocenters. The van der Waals surface area contributed by atoms with Crippen molar-refractivity contribution in [1.29, 1.82) is 0 Å². The first kappa shape index (κ1) is 42.2. The molecule has 0 heterocycles. The molecule has 9 aromatic rings. The number of hydrogen-bond donors (Lipinski definition) is 0. The van der Waals surface area contributed by atoms with Crippen molar-refractivity contribution in [2.45, 2.75) is 39.5 Å². The number of rotatable bonds is 11. The van der Waals surface area contributed by atoms with Gasteiger partial charge in [0.2, 0.25) is 0 Å². The lowest BCUT2D eigenvalue weighted by Gasteiger charge is -2.21. The summed E-state index contributed by atoms with van der Waals surface area (Å²) in [6.45, 7) is 11.3. The highest BCUT2D eigenvalue weighted by Crippen LogP contribution is 2.40. The molecule has 0 saturated heterocycles. The van der Waals surface area contributed by atoms with Crippen molar-refractivity contribution in [3.63, 3.8) is 0 Å². The predicted molar refractivity (Wildman–Crippen MR) is 285 cm³/mol. The average molecular weight is 847 g/mol. The smallest absolute Gasteiger partial charge is 0.000710 e. The topological polar surface area (TPSA) is 0 Å². The number of allylic oxidation sites excluding steroid dienone is 6. The summed E-state index contributed by atoms with van der Waals surface area (Å²) < 4.78 is 0. The predicted octanol–water partition coefficient (Wildman–Crippen LogP) is 18.3. The summed E-state index contributed by atoms with van der Waals surface area (Å²) in [4.78, 5) is 0. The van der Waals surface area contributed by atoms with E-state index in [0.717, 1.165) is 24.0 Å². The quantitative estimate of drug-likeness (QED) is 0.114. The first-order chi connectivity index (χ1) is 32.4. The molecule has 0 saturated carbocycles. The zero-order chi connectivity index (χ0) is 45.0. The average Bonchev–Trinajstić information content (AvgIpc) is 3.38. The molecule has 10 rings (SSSR count). The lowest BCUT2D eigenvalue weighted by molar-refractivity contribution is 0.939. The summed E-state index contributed by atoms with van der Waals surface area (Å²) >= 11 is 0. The summed E-state index contributed by atoms with van der Waals surface area (Å²) in [5, 5.41) is 2.57. The van der Waals surface area contributed by atoms with Crippen LogP contribution in [0.15, 0.2) is 237 Å². The fraction of sp³-hybridized carbons (Fsp3) is 0.0909. The van der Waals surface area contributed by atoms with Crippen LogP contribution in [-0.4, -0.2) is 0 Å². The normalized spacial score (nSPS) is 13.1. The lowest BCUT2D eigenvalue weighted by atomic mass is 9.84. The number of hydrogen-bond acceptors (Lipinski definition) is 0. The van der Waals surface area contributed by atoms with Crippen molar-refractivity contribution in [1.82, 2.24) is 0 Å². The van der Waals surface area contributed by atoms with Crippen molar-refractivity contribution in [3.05, 3.63) is 270 Å². The molecule has 0 aliphatic heterocycles.